The van der Waals surface area contributed by atoms with Gasteiger partial charge >= 0.3 is 0 Å². The average Bonchev–Trinajstić information content (AvgIpc) is 2.50. The first kappa shape index (κ1) is 20.8. The number of hydrogen-bond acceptors (Lipinski definition) is 5. The monoisotopic (exact) mass is 330 g/mol. The normalized spacial score (nSPS) is 29.5. The summed E-state index contributed by atoms with van der Waals surface area (Å²) in [6, 6.07) is 0. The molecule has 138 valence electrons. The molecule has 0 saturated carbocycles. The number of hydrogen-bond donors (Lipinski definition) is 3. The van der Waals surface area contributed by atoms with Gasteiger partial charge in [-0.15, -0.1) is 0 Å². The molecule has 5 heteroatoms. The largest absolute Gasteiger partial charge is 0.395 e. The molecule has 0 spiro atoms. The van der Waals surface area contributed by atoms with Gasteiger partial charge in [0, 0.05) is 30.7 Å². The van der Waals surface area contributed by atoms with E-state index in [1.807, 2.05) is 20.8 Å². The Morgan fingerprint density at radius 2 is 1.65 bits per heavy atom. The molecule has 3 N–H and O–H groups in total. The van der Waals surface area contributed by atoms with E-state index in [4.69, 9.17) is 10.2 Å². The predicted molar refractivity (Wildman–Crippen MR) is 94.3 cm³/mol. The van der Waals surface area contributed by atoms with E-state index in [1.54, 1.807) is 0 Å². The number of rotatable bonds is 3. The zero-order chi connectivity index (χ0) is 17.7. The van der Waals surface area contributed by atoms with Gasteiger partial charge < -0.3 is 15.3 Å². The summed E-state index contributed by atoms with van der Waals surface area (Å²) < 4.78 is 0. The molecule has 2 unspecified atom stereocenters. The molecule has 2 aliphatic heterocycles. The highest BCUT2D eigenvalue weighted by Crippen LogP contribution is 2.37. The molecule has 0 aromatic carbocycles. The van der Waals surface area contributed by atoms with E-state index in [1.165, 1.54) is 19.3 Å². The summed E-state index contributed by atoms with van der Waals surface area (Å²) >= 11 is 0. The third-order valence-corrected chi connectivity index (χ3v) is 5.51. The topological polar surface area (TPSA) is 67.2 Å². The Bertz CT molecular complexity index is 339. The van der Waals surface area contributed by atoms with Crippen molar-refractivity contribution in [3.63, 3.8) is 0 Å². The van der Waals surface area contributed by atoms with Crippen molar-refractivity contribution in [1.29, 1.82) is 0 Å². The first-order valence-corrected chi connectivity index (χ1v) is 9.11. The second kappa shape index (κ2) is 8.77. The number of nitrogens with zero attached hydrogens (tertiary/aromatic N) is 2. The van der Waals surface area contributed by atoms with Crippen LogP contribution in [0, 0.1) is 0 Å². The Labute approximate surface area is 142 Å². The standard InChI is InChI=1S/C11H23NO2.C7H15NO/c1-10(2)6-5-9(14)11(3,4)12(10)7-8-13;1-7(9)8-5-3-2-4-6-8/h9,13-14H,5-8H2,1-4H3;7,9H,2-6H2,1H3. The maximum Gasteiger partial charge on any atom is 0.104 e. The summed E-state index contributed by atoms with van der Waals surface area (Å²) in [6.07, 6.45) is 5.16. The smallest absolute Gasteiger partial charge is 0.104 e. The maximum absolute atomic E-state index is 9.94. The lowest BCUT2D eigenvalue weighted by Gasteiger charge is -2.55. The first-order chi connectivity index (χ1) is 10.6. The van der Waals surface area contributed by atoms with Gasteiger partial charge in [0.05, 0.1) is 12.7 Å². The molecular formula is C18H38N2O3. The van der Waals surface area contributed by atoms with Crippen molar-refractivity contribution in [1.82, 2.24) is 9.80 Å². The van der Waals surface area contributed by atoms with Crippen molar-refractivity contribution in [2.75, 3.05) is 26.2 Å². The van der Waals surface area contributed by atoms with E-state index >= 15 is 0 Å². The zero-order valence-electron chi connectivity index (χ0n) is 15.8. The van der Waals surface area contributed by atoms with Crippen LogP contribution in [0.2, 0.25) is 0 Å². The minimum atomic E-state index is -0.290. The second-order valence-electron chi connectivity index (χ2n) is 8.12. The molecule has 2 rings (SSSR count). The molecule has 0 aliphatic carbocycles. The molecule has 2 saturated heterocycles. The van der Waals surface area contributed by atoms with Crippen LogP contribution in [0.3, 0.4) is 0 Å². The molecule has 0 amide bonds. The zero-order valence-corrected chi connectivity index (χ0v) is 15.8. The third kappa shape index (κ3) is 5.68. The fourth-order valence-corrected chi connectivity index (χ4v) is 3.92. The maximum atomic E-state index is 9.94. The third-order valence-electron chi connectivity index (χ3n) is 5.51. The van der Waals surface area contributed by atoms with E-state index in [0.717, 1.165) is 25.9 Å². The molecule has 23 heavy (non-hydrogen) atoms. The van der Waals surface area contributed by atoms with Gasteiger partial charge in [0.15, 0.2) is 0 Å². The van der Waals surface area contributed by atoms with Gasteiger partial charge in [-0.25, -0.2) is 0 Å². The fourth-order valence-electron chi connectivity index (χ4n) is 3.92. The van der Waals surface area contributed by atoms with Crippen molar-refractivity contribution < 1.29 is 15.3 Å². The quantitative estimate of drug-likeness (QED) is 0.736. The summed E-state index contributed by atoms with van der Waals surface area (Å²) in [7, 11) is 0. The van der Waals surface area contributed by atoms with Crippen molar-refractivity contribution in [2.45, 2.75) is 90.1 Å². The first-order valence-electron chi connectivity index (χ1n) is 9.11. The lowest BCUT2D eigenvalue weighted by atomic mass is 9.78. The Kier molecular flexibility index (Phi) is 7.94. The van der Waals surface area contributed by atoms with E-state index in [2.05, 4.69) is 23.6 Å². The van der Waals surface area contributed by atoms with Gasteiger partial charge in [0.2, 0.25) is 0 Å². The number of piperidine rings is 2. The van der Waals surface area contributed by atoms with Gasteiger partial charge in [0.1, 0.15) is 6.23 Å². The SMILES string of the molecule is CC(O)N1CCCCC1.CC1(C)CCC(O)C(C)(C)N1CCO. The van der Waals surface area contributed by atoms with Gasteiger partial charge in [-0.3, -0.25) is 9.80 Å². The molecule has 0 radical (unpaired) electrons. The van der Waals surface area contributed by atoms with E-state index in [-0.39, 0.29) is 30.0 Å². The van der Waals surface area contributed by atoms with E-state index in [0.29, 0.717) is 6.54 Å². The number of likely N-dealkylation sites (tertiary alicyclic amines) is 2. The van der Waals surface area contributed by atoms with Crippen LogP contribution < -0.4 is 0 Å². The molecular weight excluding hydrogens is 292 g/mol. The molecule has 2 aliphatic rings. The van der Waals surface area contributed by atoms with Crippen LogP contribution in [0.15, 0.2) is 0 Å². The van der Waals surface area contributed by atoms with Crippen LogP contribution in [0.4, 0.5) is 0 Å². The molecule has 2 fully saturated rings. The van der Waals surface area contributed by atoms with Crippen LogP contribution in [0.1, 0.15) is 66.7 Å². The molecule has 5 nitrogen and oxygen atoms in total. The van der Waals surface area contributed by atoms with Gasteiger partial charge in [-0.1, -0.05) is 6.42 Å². The van der Waals surface area contributed by atoms with Crippen LogP contribution in [-0.2, 0) is 0 Å². The van der Waals surface area contributed by atoms with Gasteiger partial charge in [-0.05, 0) is 60.3 Å². The van der Waals surface area contributed by atoms with Gasteiger partial charge in [0.25, 0.3) is 0 Å². The van der Waals surface area contributed by atoms with Crippen LogP contribution in [0.5, 0.6) is 0 Å². The highest BCUT2D eigenvalue weighted by atomic mass is 16.3. The molecule has 2 atom stereocenters. The highest BCUT2D eigenvalue weighted by Gasteiger charge is 2.45. The van der Waals surface area contributed by atoms with Crippen molar-refractivity contribution in [2.24, 2.45) is 0 Å². The summed E-state index contributed by atoms with van der Waals surface area (Å²) in [4.78, 5) is 4.33. The molecule has 0 bridgehead atoms. The van der Waals surface area contributed by atoms with Crippen LogP contribution >= 0.6 is 0 Å². The number of aliphatic hydroxyl groups excluding tert-OH is 3. The minimum absolute atomic E-state index is 0.0749. The Morgan fingerprint density at radius 3 is 2.09 bits per heavy atom. The summed E-state index contributed by atoms with van der Waals surface area (Å²) in [6.45, 7) is 13.2. The Hall–Kier alpha value is -0.200. The second-order valence-corrected chi connectivity index (χ2v) is 8.12. The highest BCUT2D eigenvalue weighted by molar-refractivity contribution is 5.01. The van der Waals surface area contributed by atoms with E-state index in [9.17, 15) is 5.11 Å². The summed E-state index contributed by atoms with van der Waals surface area (Å²) in [5.41, 5.74) is -0.157. The van der Waals surface area contributed by atoms with Crippen molar-refractivity contribution in [3.8, 4) is 0 Å². The predicted octanol–water partition coefficient (Wildman–Crippen LogP) is 1.80. The van der Waals surface area contributed by atoms with Crippen molar-refractivity contribution >= 4 is 0 Å². The number of aliphatic hydroxyl groups is 3. The van der Waals surface area contributed by atoms with Crippen LogP contribution in [0.25, 0.3) is 0 Å². The average molecular weight is 331 g/mol. The van der Waals surface area contributed by atoms with Crippen LogP contribution in [-0.4, -0.2) is 74.8 Å². The van der Waals surface area contributed by atoms with Gasteiger partial charge in [-0.2, -0.15) is 0 Å². The Balaban J connectivity index is 0.000000253. The molecule has 0 aromatic heterocycles. The minimum Gasteiger partial charge on any atom is -0.395 e. The fraction of sp³-hybridized carbons (Fsp3) is 1.00. The summed E-state index contributed by atoms with van der Waals surface area (Å²) in [5.74, 6) is 0. The number of β-amino-alcohol motifs (C(OH)–C–C–N with tert-alkyl or cyclic N) is 1. The summed E-state index contributed by atoms with van der Waals surface area (Å²) in [5, 5.41) is 28.1. The Morgan fingerprint density at radius 1 is 1.09 bits per heavy atom. The van der Waals surface area contributed by atoms with E-state index < -0.39 is 0 Å². The molecule has 2 heterocycles. The lowest BCUT2D eigenvalue weighted by molar-refractivity contribution is -0.109. The molecule has 0 aromatic rings. The van der Waals surface area contributed by atoms with Crippen molar-refractivity contribution in [3.05, 3.63) is 0 Å². The lowest BCUT2D eigenvalue weighted by Crippen LogP contribution is -2.65.